The lowest BCUT2D eigenvalue weighted by molar-refractivity contribution is 0.538. The molecule has 1 aliphatic carbocycles. The van der Waals surface area contributed by atoms with Gasteiger partial charge >= 0.3 is 0 Å². The van der Waals surface area contributed by atoms with E-state index >= 15 is 0 Å². The van der Waals surface area contributed by atoms with Crippen molar-refractivity contribution in [1.29, 1.82) is 0 Å². The highest BCUT2D eigenvalue weighted by Crippen LogP contribution is 2.48. The highest BCUT2D eigenvalue weighted by atomic mass is 15.0. The number of nitrogens with zero attached hydrogens (tertiary/aromatic N) is 3. The first-order chi connectivity index (χ1) is 15.2. The lowest BCUT2D eigenvalue weighted by atomic mass is 9.82. The molecule has 0 spiro atoms. The number of aromatic nitrogens is 3. The predicted octanol–water partition coefficient (Wildman–Crippen LogP) is 6.73. The Morgan fingerprint density at radius 3 is 2.16 bits per heavy atom. The summed E-state index contributed by atoms with van der Waals surface area (Å²) in [5, 5.41) is 0. The van der Waals surface area contributed by atoms with Crippen molar-refractivity contribution in [1.82, 2.24) is 15.0 Å². The molecule has 160 valence electrons. The minimum atomic E-state index is -0.150. The third-order valence-corrected chi connectivity index (χ3v) is 6.39. The fraction of sp³-hybridized carbons (Fsp3) is 0.276. The second-order valence-corrected chi connectivity index (χ2v) is 10.2. The van der Waals surface area contributed by atoms with Crippen molar-refractivity contribution in [3.05, 3.63) is 101 Å². The molecule has 0 unspecified atom stereocenters. The molecule has 1 aliphatic rings. The Balaban J connectivity index is 1.56. The molecule has 0 N–H and O–H groups in total. The minimum Gasteiger partial charge on any atom is -0.217 e. The molecule has 3 heteroatoms. The van der Waals surface area contributed by atoms with Gasteiger partial charge in [0.2, 0.25) is 0 Å². The van der Waals surface area contributed by atoms with Gasteiger partial charge in [-0.3, -0.25) is 0 Å². The van der Waals surface area contributed by atoms with Gasteiger partial charge in [0.05, 0.1) is 0 Å². The normalized spacial score (nSPS) is 14.2. The molecule has 3 nitrogen and oxygen atoms in total. The minimum absolute atomic E-state index is 0.00714. The van der Waals surface area contributed by atoms with Gasteiger partial charge in [0.15, 0.2) is 5.82 Å². The van der Waals surface area contributed by atoms with Crippen LogP contribution in [0, 0.1) is 0 Å². The first-order valence-electron chi connectivity index (χ1n) is 11.3. The molecule has 5 rings (SSSR count). The first kappa shape index (κ1) is 20.6. The van der Waals surface area contributed by atoms with Gasteiger partial charge in [-0.15, -0.1) is 0 Å². The molecule has 0 amide bonds. The average Bonchev–Trinajstić information content (AvgIpc) is 3.01. The van der Waals surface area contributed by atoms with Crippen LogP contribution in [0.25, 0.3) is 22.5 Å². The Kier molecular flexibility index (Phi) is 4.74. The summed E-state index contributed by atoms with van der Waals surface area (Å²) in [7, 11) is 0. The summed E-state index contributed by atoms with van der Waals surface area (Å²) in [6.07, 6.45) is 0.686. The molecule has 0 atom stereocenters. The van der Waals surface area contributed by atoms with Crippen LogP contribution >= 0.6 is 0 Å². The summed E-state index contributed by atoms with van der Waals surface area (Å²) < 4.78 is 0. The van der Waals surface area contributed by atoms with Crippen LogP contribution in [-0.4, -0.2) is 15.0 Å². The van der Waals surface area contributed by atoms with Crippen LogP contribution in [0.4, 0.5) is 0 Å². The maximum atomic E-state index is 4.87. The monoisotopic (exact) mass is 419 g/mol. The zero-order valence-corrected chi connectivity index (χ0v) is 19.5. The molecule has 1 heterocycles. The summed E-state index contributed by atoms with van der Waals surface area (Å²) in [5.41, 5.74) is 7.56. The zero-order chi connectivity index (χ0) is 22.5. The van der Waals surface area contributed by atoms with Gasteiger partial charge < -0.3 is 0 Å². The lowest BCUT2D eigenvalue weighted by Crippen LogP contribution is -2.19. The van der Waals surface area contributed by atoms with Crippen molar-refractivity contribution in [2.75, 3.05) is 0 Å². The topological polar surface area (TPSA) is 38.7 Å². The van der Waals surface area contributed by atoms with Gasteiger partial charge in [0, 0.05) is 22.8 Å². The SMILES string of the molecule is CC(C)(C)c1nc(Cc2ccc3c(c2)C(C)(C)c2ccccc2-3)nc(-c2ccccc2)n1. The molecular formula is C29H29N3. The second-order valence-electron chi connectivity index (χ2n) is 10.2. The molecule has 32 heavy (non-hydrogen) atoms. The summed E-state index contributed by atoms with van der Waals surface area (Å²) in [5.74, 6) is 2.39. The van der Waals surface area contributed by atoms with Crippen LogP contribution in [0.2, 0.25) is 0 Å². The van der Waals surface area contributed by atoms with Crippen molar-refractivity contribution in [2.24, 2.45) is 0 Å². The molecule has 1 aromatic heterocycles. The molecule has 0 saturated heterocycles. The third-order valence-electron chi connectivity index (χ3n) is 6.39. The maximum absolute atomic E-state index is 4.87. The number of rotatable bonds is 3. The zero-order valence-electron chi connectivity index (χ0n) is 19.5. The number of hydrogen-bond acceptors (Lipinski definition) is 3. The standard InChI is InChI=1S/C29H29N3/c1-28(2,3)27-31-25(30-26(32-27)20-11-7-6-8-12-20)18-19-15-16-22-21-13-9-10-14-23(21)29(4,5)24(22)17-19/h6-17H,18H2,1-5H3. The molecule has 4 aromatic rings. The van der Waals surface area contributed by atoms with Gasteiger partial charge in [-0.05, 0) is 27.8 Å². The Hall–Kier alpha value is -3.33. The average molecular weight is 420 g/mol. The van der Waals surface area contributed by atoms with Crippen molar-refractivity contribution in [3.8, 4) is 22.5 Å². The van der Waals surface area contributed by atoms with Gasteiger partial charge in [-0.2, -0.15) is 0 Å². The number of benzene rings is 3. The summed E-state index contributed by atoms with van der Waals surface area (Å²) in [6, 6.07) is 25.8. The molecular weight excluding hydrogens is 390 g/mol. The fourth-order valence-electron chi connectivity index (χ4n) is 4.59. The Bertz CT molecular complexity index is 1300. The van der Waals surface area contributed by atoms with E-state index in [1.165, 1.54) is 27.8 Å². The van der Waals surface area contributed by atoms with E-state index in [0.717, 1.165) is 23.0 Å². The quantitative estimate of drug-likeness (QED) is 0.369. The van der Waals surface area contributed by atoms with E-state index < -0.39 is 0 Å². The van der Waals surface area contributed by atoms with Crippen LogP contribution in [0.5, 0.6) is 0 Å². The third kappa shape index (κ3) is 3.52. The van der Waals surface area contributed by atoms with Crippen LogP contribution in [-0.2, 0) is 17.3 Å². The molecule has 0 radical (unpaired) electrons. The first-order valence-corrected chi connectivity index (χ1v) is 11.3. The van der Waals surface area contributed by atoms with Crippen LogP contribution in [0.1, 0.15) is 63.0 Å². The largest absolute Gasteiger partial charge is 0.217 e. The lowest BCUT2D eigenvalue weighted by Gasteiger charge is -2.22. The number of hydrogen-bond donors (Lipinski definition) is 0. The summed E-state index contributed by atoms with van der Waals surface area (Å²) >= 11 is 0. The molecule has 0 bridgehead atoms. The van der Waals surface area contributed by atoms with Gasteiger partial charge in [-0.1, -0.05) is 107 Å². The van der Waals surface area contributed by atoms with Gasteiger partial charge in [0.25, 0.3) is 0 Å². The second kappa shape index (κ2) is 7.37. The van der Waals surface area contributed by atoms with Crippen LogP contribution < -0.4 is 0 Å². The molecule has 0 saturated carbocycles. The molecule has 0 fully saturated rings. The smallest absolute Gasteiger partial charge is 0.163 e. The van der Waals surface area contributed by atoms with Gasteiger partial charge in [0.1, 0.15) is 11.6 Å². The molecule has 3 aromatic carbocycles. The van der Waals surface area contributed by atoms with E-state index in [4.69, 9.17) is 15.0 Å². The highest BCUT2D eigenvalue weighted by Gasteiger charge is 2.35. The summed E-state index contributed by atoms with van der Waals surface area (Å²) in [6.45, 7) is 11.1. The molecule has 0 aliphatic heterocycles. The Morgan fingerprint density at radius 2 is 1.41 bits per heavy atom. The van der Waals surface area contributed by atoms with Crippen molar-refractivity contribution < 1.29 is 0 Å². The highest BCUT2D eigenvalue weighted by molar-refractivity contribution is 5.80. The van der Waals surface area contributed by atoms with Crippen LogP contribution in [0.3, 0.4) is 0 Å². The van der Waals surface area contributed by atoms with E-state index in [0.29, 0.717) is 6.42 Å². The van der Waals surface area contributed by atoms with E-state index in [-0.39, 0.29) is 10.8 Å². The van der Waals surface area contributed by atoms with E-state index in [1.807, 2.05) is 18.2 Å². The van der Waals surface area contributed by atoms with Crippen molar-refractivity contribution in [2.45, 2.75) is 51.9 Å². The Labute approximate surface area is 190 Å². The van der Waals surface area contributed by atoms with E-state index in [1.54, 1.807) is 0 Å². The van der Waals surface area contributed by atoms with Crippen LogP contribution in [0.15, 0.2) is 72.8 Å². The van der Waals surface area contributed by atoms with E-state index in [2.05, 4.69) is 89.2 Å². The van der Waals surface area contributed by atoms with Gasteiger partial charge in [-0.25, -0.2) is 15.0 Å². The Morgan fingerprint density at radius 1 is 0.719 bits per heavy atom. The summed E-state index contributed by atoms with van der Waals surface area (Å²) in [4.78, 5) is 14.5. The number of fused-ring (bicyclic) bond motifs is 3. The van der Waals surface area contributed by atoms with E-state index in [9.17, 15) is 0 Å². The fourth-order valence-corrected chi connectivity index (χ4v) is 4.59. The maximum Gasteiger partial charge on any atom is 0.163 e. The predicted molar refractivity (Wildman–Crippen MR) is 131 cm³/mol. The van der Waals surface area contributed by atoms with Crippen molar-refractivity contribution in [3.63, 3.8) is 0 Å². The van der Waals surface area contributed by atoms with Crippen molar-refractivity contribution >= 4 is 0 Å².